The summed E-state index contributed by atoms with van der Waals surface area (Å²) in [5.41, 5.74) is 14.8. The van der Waals surface area contributed by atoms with Crippen LogP contribution >= 0.6 is 61.6 Å². The number of nitrogens with one attached hydrogen (secondary N) is 1. The first-order valence-electron chi connectivity index (χ1n) is 35.3. The van der Waals surface area contributed by atoms with Gasteiger partial charge >= 0.3 is 23.1 Å². The molecular formula is C80H127Cl2N9O15P4. The van der Waals surface area contributed by atoms with Crippen LogP contribution in [0.4, 0.5) is 28.4 Å². The third-order valence-electron chi connectivity index (χ3n) is 14.4. The summed E-state index contributed by atoms with van der Waals surface area (Å²) in [6.07, 6.45) is 4.08. The number of hydrogen-bond acceptors (Lipinski definition) is 24. The predicted octanol–water partition coefficient (Wildman–Crippen LogP) is 19.6. The number of para-hydroxylation sites is 5. The molecule has 6 heterocycles. The Morgan fingerprint density at radius 2 is 1.04 bits per heavy atom. The zero-order valence-corrected chi connectivity index (χ0v) is 70.3. The van der Waals surface area contributed by atoms with Crippen LogP contribution in [-0.4, -0.2) is 125 Å². The number of halogens is 2. The van der Waals surface area contributed by atoms with Crippen LogP contribution in [0.5, 0.6) is 0 Å². The minimum Gasteiger partial charge on any atom is -0.459 e. The third kappa shape index (κ3) is 37.4. The van der Waals surface area contributed by atoms with Crippen LogP contribution in [0.3, 0.4) is 0 Å². The molecule has 6 atom stereocenters. The normalized spacial score (nSPS) is 14.3. The molecule has 110 heavy (non-hydrogen) atoms. The molecule has 1 aromatic heterocycles. The number of Topliss-reactive ketones (excluding diaryl/α,β-unsaturated/α-hetero) is 6. The molecule has 4 N–H and O–H groups in total. The number of carbonyl (C=O) groups is 9. The number of fused-ring (bicyclic) bond motifs is 7. The fourth-order valence-electron chi connectivity index (χ4n) is 9.64. The van der Waals surface area contributed by atoms with Crippen LogP contribution in [0, 0.1) is 10.8 Å². The second-order valence-electron chi connectivity index (χ2n) is 22.3. The monoisotopic (exact) mass is 1650 g/mol. The van der Waals surface area contributed by atoms with Gasteiger partial charge in [-0.25, -0.2) is 14.6 Å². The van der Waals surface area contributed by atoms with E-state index < -0.39 is 40.3 Å². The van der Waals surface area contributed by atoms with Crippen LogP contribution in [-0.2, 0) is 39.9 Å². The van der Waals surface area contributed by atoms with E-state index in [9.17, 15) is 48.1 Å². The van der Waals surface area contributed by atoms with Crippen molar-refractivity contribution in [1.82, 2.24) is 4.98 Å². The molecule has 0 fully saturated rings. The molecule has 0 bridgehead atoms. The summed E-state index contributed by atoms with van der Waals surface area (Å²) in [7, 11) is 10.4. The first kappa shape index (κ1) is 113. The van der Waals surface area contributed by atoms with E-state index in [4.69, 9.17) is 31.7 Å². The summed E-state index contributed by atoms with van der Waals surface area (Å²) in [6, 6.07) is 37.5. The van der Waals surface area contributed by atoms with Gasteiger partial charge in [0.25, 0.3) is 0 Å². The molecule has 0 aliphatic carbocycles. The van der Waals surface area contributed by atoms with Gasteiger partial charge in [0.15, 0.2) is 40.0 Å². The van der Waals surface area contributed by atoms with Crippen molar-refractivity contribution in [3.63, 3.8) is 0 Å². The Bertz CT molecular complexity index is 3750. The van der Waals surface area contributed by atoms with Crippen molar-refractivity contribution in [2.45, 2.75) is 197 Å². The number of aromatic nitrogens is 1. The average Bonchev–Trinajstić information content (AvgIpc) is 1.65. The number of carbonyl (C=O) groups excluding carboxylic acids is 9. The van der Waals surface area contributed by atoms with Gasteiger partial charge in [-0.1, -0.05) is 165 Å². The van der Waals surface area contributed by atoms with Crippen LogP contribution < -0.4 is 29.7 Å². The highest BCUT2D eigenvalue weighted by atomic mass is 35.5. The van der Waals surface area contributed by atoms with Gasteiger partial charge in [-0.15, -0.1) is 17.3 Å². The summed E-state index contributed by atoms with van der Waals surface area (Å²) >= 11 is 4.69. The van der Waals surface area contributed by atoms with Gasteiger partial charge in [-0.05, 0) is 164 Å². The van der Waals surface area contributed by atoms with E-state index >= 15 is 0 Å². The molecule has 11 rings (SSSR count). The lowest BCUT2D eigenvalue weighted by Crippen LogP contribution is -2.30. The Morgan fingerprint density at radius 3 is 1.49 bits per heavy atom. The number of benzene rings is 5. The van der Waals surface area contributed by atoms with E-state index in [1.807, 2.05) is 186 Å². The fraction of sp³-hybridized carbons (Fsp3) is 0.463. The summed E-state index contributed by atoms with van der Waals surface area (Å²) in [5, 5.41) is 16.3. The van der Waals surface area contributed by atoms with Crippen molar-refractivity contribution in [2.75, 3.05) is 69.9 Å². The highest BCUT2D eigenvalue weighted by molar-refractivity contribution is 7.19. The van der Waals surface area contributed by atoms with Crippen LogP contribution in [0.15, 0.2) is 136 Å². The largest absolute Gasteiger partial charge is 0.459 e. The molecule has 5 aromatic carbocycles. The van der Waals surface area contributed by atoms with Crippen molar-refractivity contribution in [1.29, 1.82) is 0 Å². The van der Waals surface area contributed by atoms with Crippen molar-refractivity contribution in [2.24, 2.45) is 22.1 Å². The molecule has 616 valence electrons. The standard InChI is InChI=1S/C14H14N2O3.C14H16NO3P.C10H11N2O2P.C10H13N2OP.C10H12NOP.C4H5ClO3.C4H9NO2.5C2H6.4CH4.ClH/c1-2-18-14(17)13-16-11-7-8-15-10-6-4-3-5-9(10)12(11)19-13;1-9(16)13(17)8-10-6-7-15(19)12-5-3-2-4-11(12)14(10)18;13-10-7-3-1-2-4-9(7)12(15)6-5-8(10)11-14;11-8-5-6-12(14)9-4-2-1-3-7(9)10(8)13;12-10-6-3-7-11(13)9-5-2-1-4-8(9)10;1-2-8-4(7)3(5)6;1-4(2,3)7-5-6;5*1-2;;;;;/h3-6,15H,2,7-8H2,1H3;2-5,10H,6-8,19H2,1H3;1-4,14H,5-6,15H2;1-4,8H,5-6,11,14H2;1-2,4-5H,3,6-7,13H2;2H2,1H3;1-3H3;5*1-2H3;4*1H4;1H/b;;11-8-;;;;;;;;;;;;;;. The maximum Gasteiger partial charge on any atom is 0.394 e. The number of hydrogen-bond donors (Lipinski definition) is 3. The number of nitrogens with zero attached hydrogens (tertiary/aromatic N) is 7. The second-order valence-corrected chi connectivity index (χ2v) is 25.1. The van der Waals surface area contributed by atoms with Gasteiger partial charge in [0.05, 0.1) is 47.7 Å². The second kappa shape index (κ2) is 62.7. The topological polar surface area (TPSA) is 320 Å². The SMILES string of the molecule is C.C.C.C.CC.CC.CC.CC.CC.CC(=O)C(=O)CC1CCN(P)c2ccccc2C1=O.CC(C)(C)ON=O.CCOC(=O)C(=O)Cl.CCOC(=O)c1nc2c(o1)-c1ccccc1NCC2.Cl.NC1CCN(P)c2ccccc2C1=O.O=C1/C(=N\O)CCN(P)c2ccccc21.O=C1CCCN(P)c2ccccc21. The predicted molar refractivity (Wildman–Crippen MR) is 471 cm³/mol. The fourth-order valence-corrected chi connectivity index (χ4v) is 11.2. The lowest BCUT2D eigenvalue weighted by atomic mass is 9.90. The number of anilines is 5. The zero-order chi connectivity index (χ0) is 79.9. The minimum atomic E-state index is -1.08. The molecule has 0 radical (unpaired) electrons. The highest BCUT2D eigenvalue weighted by Crippen LogP contribution is 2.36. The number of ketones is 6. The quantitative estimate of drug-likeness (QED) is 0.0242. The van der Waals surface area contributed by atoms with Gasteiger partial charge in [0, 0.05) is 105 Å². The van der Waals surface area contributed by atoms with Gasteiger partial charge < -0.3 is 53.7 Å². The van der Waals surface area contributed by atoms with Crippen molar-refractivity contribution >= 4 is 148 Å². The molecule has 0 spiro atoms. The average molecular weight is 1650 g/mol. The Hall–Kier alpha value is -7.93. The summed E-state index contributed by atoms with van der Waals surface area (Å²) < 4.78 is 22.6. The van der Waals surface area contributed by atoms with E-state index in [0.29, 0.717) is 68.7 Å². The Balaban J connectivity index is -0.000000284. The highest BCUT2D eigenvalue weighted by Gasteiger charge is 2.31. The minimum absolute atomic E-state index is 0. The maximum atomic E-state index is 12.4. The number of ether oxygens (including phenoxy) is 2. The molecule has 0 saturated heterocycles. The maximum absolute atomic E-state index is 12.4. The molecule has 5 aliphatic rings. The van der Waals surface area contributed by atoms with Gasteiger partial charge in [-0.3, -0.25) is 33.6 Å². The zero-order valence-electron chi connectivity index (χ0n) is 64.1. The summed E-state index contributed by atoms with van der Waals surface area (Å²) in [4.78, 5) is 120. The number of nitrogens with two attached hydrogens (primary N) is 1. The molecule has 5 aliphatic heterocycles. The number of rotatable bonds is 8. The molecular weight excluding hydrogens is 1520 g/mol. The van der Waals surface area contributed by atoms with E-state index in [1.165, 1.54) is 6.92 Å². The Kier molecular flexibility index (Phi) is 64.4. The summed E-state index contributed by atoms with van der Waals surface area (Å²) in [5.74, 6) is -2.09. The lowest BCUT2D eigenvalue weighted by Gasteiger charge is -2.17. The van der Waals surface area contributed by atoms with Crippen LogP contribution in [0.25, 0.3) is 11.3 Å². The van der Waals surface area contributed by atoms with E-state index in [2.05, 4.69) is 72.6 Å². The van der Waals surface area contributed by atoms with E-state index in [0.717, 1.165) is 76.9 Å². The molecule has 0 saturated carbocycles. The van der Waals surface area contributed by atoms with Gasteiger partial charge in [0.2, 0.25) is 5.78 Å². The number of oxime groups is 1. The first-order valence-corrected chi connectivity index (χ1v) is 37.7. The summed E-state index contributed by atoms with van der Waals surface area (Å²) in [6.45, 7) is 34.2. The Morgan fingerprint density at radius 1 is 0.609 bits per heavy atom. The molecule has 6 unspecified atom stereocenters. The Labute approximate surface area is 676 Å². The van der Waals surface area contributed by atoms with Crippen LogP contribution in [0.2, 0.25) is 0 Å². The van der Waals surface area contributed by atoms with E-state index in [1.54, 1.807) is 52.8 Å². The number of esters is 2. The molecule has 6 aromatic rings. The van der Waals surface area contributed by atoms with Crippen molar-refractivity contribution < 1.29 is 67.1 Å². The lowest BCUT2D eigenvalue weighted by molar-refractivity contribution is -0.149. The van der Waals surface area contributed by atoms with E-state index in [-0.39, 0.29) is 95.9 Å². The van der Waals surface area contributed by atoms with Gasteiger partial charge in [0.1, 0.15) is 11.3 Å². The van der Waals surface area contributed by atoms with Crippen LogP contribution in [0.1, 0.15) is 237 Å². The third-order valence-corrected chi connectivity index (χ3v) is 16.7. The van der Waals surface area contributed by atoms with Gasteiger partial charge in [-0.2, -0.15) is 0 Å². The number of oxazole rings is 1. The molecule has 24 nitrogen and oxygen atoms in total. The van der Waals surface area contributed by atoms with Crippen molar-refractivity contribution in [3.8, 4) is 11.3 Å². The first-order chi connectivity index (χ1) is 50.3. The molecule has 0 amide bonds. The molecule has 30 heteroatoms. The smallest absolute Gasteiger partial charge is 0.394 e. The van der Waals surface area contributed by atoms with Crippen molar-refractivity contribution in [3.05, 3.63) is 160 Å².